The van der Waals surface area contributed by atoms with Gasteiger partial charge in [-0.1, -0.05) is 6.07 Å². The van der Waals surface area contributed by atoms with Gasteiger partial charge >= 0.3 is 0 Å². The van der Waals surface area contributed by atoms with E-state index in [0.717, 1.165) is 16.2 Å². The van der Waals surface area contributed by atoms with Crippen LogP contribution < -0.4 is 5.32 Å². The number of piperidine rings is 1. The number of nitrogens with zero attached hydrogens (tertiary/aromatic N) is 3. The number of nitrogens with one attached hydrogen (secondary N) is 2. The molecule has 2 bridgehead atoms. The quantitative estimate of drug-likeness (QED) is 0.642. The molecule has 138 valence electrons. The van der Waals surface area contributed by atoms with E-state index in [2.05, 4.69) is 25.7 Å². The molecule has 5 rings (SSSR count). The van der Waals surface area contributed by atoms with Gasteiger partial charge in [-0.3, -0.25) is 5.10 Å². The van der Waals surface area contributed by atoms with E-state index in [1.54, 1.807) is 18.5 Å². The molecule has 2 saturated heterocycles. The zero-order chi connectivity index (χ0) is 18.2. The van der Waals surface area contributed by atoms with Crippen molar-refractivity contribution in [3.05, 3.63) is 42.7 Å². The first-order valence-electron chi connectivity index (χ1n) is 9.33. The van der Waals surface area contributed by atoms with Gasteiger partial charge in [0.25, 0.3) is 0 Å². The first-order valence-corrected chi connectivity index (χ1v) is 10.2. The maximum absolute atomic E-state index is 10.4. The number of thioether (sulfide) groups is 1. The number of phenols is 1. The first kappa shape index (κ1) is 16.8. The molecule has 27 heavy (non-hydrogen) atoms. The Morgan fingerprint density at radius 2 is 1.85 bits per heavy atom. The average Bonchev–Trinajstić information content (AvgIpc) is 3.32. The largest absolute Gasteiger partial charge is 0.507 e. The number of aromatic nitrogens is 4. The van der Waals surface area contributed by atoms with Crippen LogP contribution in [0.15, 0.2) is 47.8 Å². The summed E-state index contributed by atoms with van der Waals surface area (Å²) < 4.78 is 0. The van der Waals surface area contributed by atoms with Gasteiger partial charge in [-0.2, -0.15) is 5.10 Å². The molecule has 2 aliphatic heterocycles. The van der Waals surface area contributed by atoms with E-state index in [1.165, 1.54) is 25.7 Å². The van der Waals surface area contributed by atoms with Crippen LogP contribution in [0, 0.1) is 0 Å². The molecule has 0 saturated carbocycles. The molecule has 7 heteroatoms. The fraction of sp³-hybridized carbons (Fsp3) is 0.350. The summed E-state index contributed by atoms with van der Waals surface area (Å²) in [7, 11) is 0. The Labute approximate surface area is 161 Å². The van der Waals surface area contributed by atoms with Crippen LogP contribution in [0.3, 0.4) is 0 Å². The average molecular weight is 379 g/mol. The van der Waals surface area contributed by atoms with Gasteiger partial charge in [0.15, 0.2) is 0 Å². The van der Waals surface area contributed by atoms with E-state index in [-0.39, 0.29) is 5.75 Å². The number of hydrogen-bond acceptors (Lipinski definition) is 6. The van der Waals surface area contributed by atoms with Gasteiger partial charge in [0, 0.05) is 34.7 Å². The normalized spacial score (nSPS) is 24.2. The van der Waals surface area contributed by atoms with E-state index in [0.29, 0.717) is 28.6 Å². The molecule has 0 aliphatic carbocycles. The number of phenolic OH excluding ortho intramolecular Hbond substituents is 1. The minimum Gasteiger partial charge on any atom is -0.507 e. The third kappa shape index (κ3) is 3.44. The molecule has 0 radical (unpaired) electrons. The Morgan fingerprint density at radius 3 is 2.52 bits per heavy atom. The highest BCUT2D eigenvalue weighted by Gasteiger charge is 2.34. The molecule has 0 amide bonds. The monoisotopic (exact) mass is 379 g/mol. The van der Waals surface area contributed by atoms with Crippen molar-refractivity contribution in [1.82, 2.24) is 25.7 Å². The molecule has 1 aromatic carbocycles. The van der Waals surface area contributed by atoms with Crippen molar-refractivity contribution in [2.24, 2.45) is 0 Å². The second kappa shape index (κ2) is 6.98. The highest BCUT2D eigenvalue weighted by atomic mass is 32.2. The van der Waals surface area contributed by atoms with E-state index < -0.39 is 0 Å². The van der Waals surface area contributed by atoms with Gasteiger partial charge < -0.3 is 10.4 Å². The Morgan fingerprint density at radius 1 is 1.00 bits per heavy atom. The lowest BCUT2D eigenvalue weighted by Gasteiger charge is -2.28. The van der Waals surface area contributed by atoms with E-state index in [9.17, 15) is 5.11 Å². The summed E-state index contributed by atoms with van der Waals surface area (Å²) in [5.74, 6) is 0.193. The second-order valence-corrected chi connectivity index (χ2v) is 8.65. The predicted molar refractivity (Wildman–Crippen MR) is 106 cm³/mol. The van der Waals surface area contributed by atoms with Crippen LogP contribution in [0.5, 0.6) is 5.75 Å². The topological polar surface area (TPSA) is 86.7 Å². The van der Waals surface area contributed by atoms with Crippen LogP contribution in [0.2, 0.25) is 0 Å². The van der Waals surface area contributed by atoms with Crippen molar-refractivity contribution in [1.29, 1.82) is 0 Å². The summed E-state index contributed by atoms with van der Waals surface area (Å²) in [4.78, 5) is 0. The lowest BCUT2D eigenvalue weighted by Crippen LogP contribution is -2.39. The second-order valence-electron chi connectivity index (χ2n) is 7.32. The lowest BCUT2D eigenvalue weighted by atomic mass is 10.0. The van der Waals surface area contributed by atoms with Crippen LogP contribution in [-0.2, 0) is 0 Å². The number of rotatable bonds is 4. The highest BCUT2D eigenvalue weighted by molar-refractivity contribution is 7.99. The summed E-state index contributed by atoms with van der Waals surface area (Å²) in [5.41, 5.74) is 3.21. The Hall–Kier alpha value is -2.38. The summed E-state index contributed by atoms with van der Waals surface area (Å²) in [6.07, 6.45) is 8.56. The summed E-state index contributed by atoms with van der Waals surface area (Å²) >= 11 is 1.83. The smallest absolute Gasteiger partial charge is 0.125 e. The first-order chi connectivity index (χ1) is 13.2. The molecule has 0 spiro atoms. The van der Waals surface area contributed by atoms with Gasteiger partial charge in [0.1, 0.15) is 10.8 Å². The third-order valence-electron chi connectivity index (χ3n) is 5.46. The Balaban J connectivity index is 1.31. The zero-order valence-corrected chi connectivity index (χ0v) is 15.6. The molecular formula is C20H21N5OS. The number of H-pyrrole nitrogens is 1. The molecule has 2 aliphatic rings. The number of hydrogen-bond donors (Lipinski definition) is 3. The molecule has 3 N–H and O–H groups in total. The van der Waals surface area contributed by atoms with Gasteiger partial charge in [0.2, 0.25) is 0 Å². The molecule has 6 nitrogen and oxygen atoms in total. The van der Waals surface area contributed by atoms with Gasteiger partial charge in [-0.25, -0.2) is 0 Å². The zero-order valence-electron chi connectivity index (χ0n) is 14.8. The minimum absolute atomic E-state index is 0.193. The number of benzene rings is 1. The van der Waals surface area contributed by atoms with E-state index in [1.807, 2.05) is 36.0 Å². The van der Waals surface area contributed by atoms with Crippen molar-refractivity contribution < 1.29 is 5.11 Å². The Bertz CT molecular complexity index is 916. The number of fused-ring (bicyclic) bond motifs is 2. The van der Waals surface area contributed by atoms with Crippen LogP contribution in [0.1, 0.15) is 25.7 Å². The van der Waals surface area contributed by atoms with Gasteiger partial charge in [-0.05, 0) is 55.5 Å². The van der Waals surface area contributed by atoms with Crippen molar-refractivity contribution in [2.45, 2.75) is 48.0 Å². The number of aromatic amines is 1. The highest BCUT2D eigenvalue weighted by Crippen LogP contribution is 2.37. The summed E-state index contributed by atoms with van der Waals surface area (Å²) in [6, 6.07) is 10.9. The third-order valence-corrected chi connectivity index (χ3v) is 6.64. The summed E-state index contributed by atoms with van der Waals surface area (Å²) in [6.45, 7) is 0. The van der Waals surface area contributed by atoms with Crippen molar-refractivity contribution in [3.63, 3.8) is 0 Å². The van der Waals surface area contributed by atoms with Crippen LogP contribution in [0.4, 0.5) is 0 Å². The summed E-state index contributed by atoms with van der Waals surface area (Å²) in [5, 5.41) is 31.2. The van der Waals surface area contributed by atoms with Crippen molar-refractivity contribution in [2.75, 3.05) is 0 Å². The molecule has 0 unspecified atom stereocenters. The fourth-order valence-corrected chi connectivity index (χ4v) is 5.37. The molecule has 4 heterocycles. The molecular weight excluding hydrogens is 358 g/mol. The predicted octanol–water partition coefficient (Wildman–Crippen LogP) is 3.61. The van der Waals surface area contributed by atoms with Gasteiger partial charge in [0.05, 0.1) is 11.9 Å². The van der Waals surface area contributed by atoms with Crippen molar-refractivity contribution >= 4 is 11.8 Å². The maximum atomic E-state index is 10.4. The lowest BCUT2D eigenvalue weighted by molar-refractivity contribution is 0.414. The SMILES string of the molecule is Oc1cc(-c2cn[nH]c2)ccc1-c1ccc(S[C@H]2C[C@H]3CC[C@@H](C2)N3)nn1. The van der Waals surface area contributed by atoms with Crippen LogP contribution >= 0.6 is 11.8 Å². The number of aromatic hydroxyl groups is 1. The van der Waals surface area contributed by atoms with Crippen molar-refractivity contribution in [3.8, 4) is 28.1 Å². The fourth-order valence-electron chi connectivity index (χ4n) is 4.14. The molecule has 3 aromatic rings. The standard InChI is InChI=1S/C20H21N5OS/c26-19-7-12(13-10-21-22-11-13)1-4-17(19)18-5-6-20(25-24-18)27-16-8-14-2-3-15(9-16)23-14/h1,4-7,10-11,14-16,23,26H,2-3,8-9H2,(H,21,22)/t14-,15+,16+. The Kier molecular flexibility index (Phi) is 4.33. The minimum atomic E-state index is 0.193. The van der Waals surface area contributed by atoms with E-state index in [4.69, 9.17) is 0 Å². The van der Waals surface area contributed by atoms with Gasteiger partial charge in [-0.15, -0.1) is 22.0 Å². The molecule has 3 atom stereocenters. The molecule has 2 fully saturated rings. The molecule has 2 aromatic heterocycles. The van der Waals surface area contributed by atoms with Crippen LogP contribution in [-0.4, -0.2) is 42.8 Å². The maximum Gasteiger partial charge on any atom is 0.125 e. The van der Waals surface area contributed by atoms with Crippen LogP contribution in [0.25, 0.3) is 22.4 Å². The van der Waals surface area contributed by atoms with E-state index >= 15 is 0 Å².